The van der Waals surface area contributed by atoms with Crippen molar-refractivity contribution in [1.82, 2.24) is 20.4 Å². The molecule has 8 nitrogen and oxygen atoms in total. The zero-order valence-electron chi connectivity index (χ0n) is 14.6. The van der Waals surface area contributed by atoms with Crippen LogP contribution in [0.15, 0.2) is 0 Å². The van der Waals surface area contributed by atoms with Crippen molar-refractivity contribution in [3.63, 3.8) is 0 Å². The summed E-state index contributed by atoms with van der Waals surface area (Å²) in [5.41, 5.74) is 0. The van der Waals surface area contributed by atoms with E-state index < -0.39 is 0 Å². The summed E-state index contributed by atoms with van der Waals surface area (Å²) in [7, 11) is 1.66. The number of ether oxygens (including phenoxy) is 2. The Morgan fingerprint density at radius 1 is 1.25 bits per heavy atom. The molecule has 2 saturated heterocycles. The lowest BCUT2D eigenvalue weighted by Crippen LogP contribution is -2.42. The number of methoxy groups -OCH3 is 1. The van der Waals surface area contributed by atoms with Crippen LogP contribution in [0.25, 0.3) is 0 Å². The van der Waals surface area contributed by atoms with Crippen LogP contribution in [0, 0.1) is 5.92 Å². The number of rotatable bonds is 10. The van der Waals surface area contributed by atoms with Crippen LogP contribution >= 0.6 is 0 Å². The average Bonchev–Trinajstić information content (AvgIpc) is 2.98. The van der Waals surface area contributed by atoms with Gasteiger partial charge in [0.2, 0.25) is 11.8 Å². The molecule has 2 amide bonds. The van der Waals surface area contributed by atoms with Gasteiger partial charge in [-0.15, -0.1) is 0 Å². The highest BCUT2D eigenvalue weighted by Crippen LogP contribution is 2.17. The highest BCUT2D eigenvalue weighted by atomic mass is 16.5. The van der Waals surface area contributed by atoms with E-state index in [2.05, 4.69) is 15.5 Å². The molecule has 138 valence electrons. The molecule has 24 heavy (non-hydrogen) atoms. The predicted octanol–water partition coefficient (Wildman–Crippen LogP) is -1.48. The van der Waals surface area contributed by atoms with Crippen molar-refractivity contribution in [3.05, 3.63) is 0 Å². The molecule has 0 aromatic carbocycles. The molecule has 0 aromatic rings. The van der Waals surface area contributed by atoms with Crippen molar-refractivity contribution in [2.75, 3.05) is 79.3 Å². The number of morpholine rings is 1. The van der Waals surface area contributed by atoms with E-state index in [-0.39, 0.29) is 17.7 Å². The van der Waals surface area contributed by atoms with Gasteiger partial charge in [0.15, 0.2) is 0 Å². The third-order valence-electron chi connectivity index (χ3n) is 4.46. The Kier molecular flexibility index (Phi) is 8.44. The second-order valence-corrected chi connectivity index (χ2v) is 6.23. The molecule has 0 bridgehead atoms. The molecule has 2 aliphatic heterocycles. The topological polar surface area (TPSA) is 83.1 Å². The minimum Gasteiger partial charge on any atom is -0.383 e. The Morgan fingerprint density at radius 3 is 2.79 bits per heavy atom. The van der Waals surface area contributed by atoms with Crippen molar-refractivity contribution in [3.8, 4) is 0 Å². The molecular formula is C16H30N4O4. The van der Waals surface area contributed by atoms with E-state index in [1.807, 2.05) is 4.90 Å². The van der Waals surface area contributed by atoms with E-state index in [1.165, 1.54) is 0 Å². The fourth-order valence-corrected chi connectivity index (χ4v) is 2.97. The number of carbonyl (C=O) groups excluding carboxylic acids is 2. The maximum absolute atomic E-state index is 12.2. The standard InChI is InChI=1S/C16H30N4O4/c1-23-9-4-17-2-3-18-16(22)14-12-15(21)20(13-14)6-5-19-7-10-24-11-8-19/h14,17H,2-13H2,1H3,(H,18,22). The molecule has 0 aromatic heterocycles. The molecule has 2 aliphatic rings. The highest BCUT2D eigenvalue weighted by molar-refractivity contribution is 5.89. The normalized spacial score (nSPS) is 22.1. The summed E-state index contributed by atoms with van der Waals surface area (Å²) < 4.78 is 10.3. The van der Waals surface area contributed by atoms with Crippen LogP contribution in [-0.4, -0.2) is 101 Å². The van der Waals surface area contributed by atoms with E-state index in [1.54, 1.807) is 7.11 Å². The summed E-state index contributed by atoms with van der Waals surface area (Å²) >= 11 is 0. The molecule has 0 aliphatic carbocycles. The van der Waals surface area contributed by atoms with Gasteiger partial charge in [0.05, 0.1) is 25.7 Å². The number of nitrogens with one attached hydrogen (secondary N) is 2. The number of hydrogen-bond donors (Lipinski definition) is 2. The zero-order valence-corrected chi connectivity index (χ0v) is 14.6. The van der Waals surface area contributed by atoms with Crippen molar-refractivity contribution >= 4 is 11.8 Å². The third-order valence-corrected chi connectivity index (χ3v) is 4.46. The molecule has 0 saturated carbocycles. The van der Waals surface area contributed by atoms with Crippen LogP contribution in [0.4, 0.5) is 0 Å². The van der Waals surface area contributed by atoms with Gasteiger partial charge < -0.3 is 25.0 Å². The fourth-order valence-electron chi connectivity index (χ4n) is 2.97. The lowest BCUT2D eigenvalue weighted by Gasteiger charge is -2.28. The molecule has 1 atom stereocenters. The van der Waals surface area contributed by atoms with Crippen LogP contribution in [-0.2, 0) is 19.1 Å². The minimum atomic E-state index is -0.221. The van der Waals surface area contributed by atoms with Crippen molar-refractivity contribution in [2.45, 2.75) is 6.42 Å². The van der Waals surface area contributed by atoms with E-state index in [9.17, 15) is 9.59 Å². The van der Waals surface area contributed by atoms with Crippen LogP contribution in [0.3, 0.4) is 0 Å². The molecule has 2 heterocycles. The Bertz CT molecular complexity index is 402. The van der Waals surface area contributed by atoms with Gasteiger partial charge in [-0.3, -0.25) is 14.5 Å². The first-order valence-electron chi connectivity index (χ1n) is 8.76. The number of hydrogen-bond acceptors (Lipinski definition) is 6. The van der Waals surface area contributed by atoms with Gasteiger partial charge >= 0.3 is 0 Å². The first-order valence-corrected chi connectivity index (χ1v) is 8.76. The van der Waals surface area contributed by atoms with Crippen LogP contribution in [0.5, 0.6) is 0 Å². The third kappa shape index (κ3) is 6.35. The molecule has 2 fully saturated rings. The van der Waals surface area contributed by atoms with E-state index in [0.717, 1.165) is 39.4 Å². The van der Waals surface area contributed by atoms with Crippen molar-refractivity contribution in [1.29, 1.82) is 0 Å². The maximum atomic E-state index is 12.2. The predicted molar refractivity (Wildman–Crippen MR) is 89.7 cm³/mol. The summed E-state index contributed by atoms with van der Waals surface area (Å²) in [5.74, 6) is -0.159. The Labute approximate surface area is 143 Å². The van der Waals surface area contributed by atoms with Crippen molar-refractivity contribution < 1.29 is 19.1 Å². The van der Waals surface area contributed by atoms with Gasteiger partial charge in [-0.05, 0) is 0 Å². The molecule has 2 rings (SSSR count). The summed E-state index contributed by atoms with van der Waals surface area (Å²) in [6, 6.07) is 0. The van der Waals surface area contributed by atoms with Gasteiger partial charge in [0.25, 0.3) is 0 Å². The second-order valence-electron chi connectivity index (χ2n) is 6.23. The summed E-state index contributed by atoms with van der Waals surface area (Å²) in [6.45, 7) is 8.14. The van der Waals surface area contributed by atoms with Crippen LogP contribution < -0.4 is 10.6 Å². The summed E-state index contributed by atoms with van der Waals surface area (Å²) in [5, 5.41) is 6.07. The van der Waals surface area contributed by atoms with E-state index in [4.69, 9.17) is 9.47 Å². The number of likely N-dealkylation sites (tertiary alicyclic amines) is 1. The molecule has 0 spiro atoms. The van der Waals surface area contributed by atoms with E-state index >= 15 is 0 Å². The molecule has 1 unspecified atom stereocenters. The SMILES string of the molecule is COCCNCCNC(=O)C1CC(=O)N(CCN2CCOCC2)C1. The Morgan fingerprint density at radius 2 is 2.04 bits per heavy atom. The van der Waals surface area contributed by atoms with Crippen LogP contribution in [0.1, 0.15) is 6.42 Å². The van der Waals surface area contributed by atoms with Gasteiger partial charge in [-0.1, -0.05) is 0 Å². The maximum Gasteiger partial charge on any atom is 0.225 e. The fraction of sp³-hybridized carbons (Fsp3) is 0.875. The lowest BCUT2D eigenvalue weighted by atomic mass is 10.1. The molecule has 2 N–H and O–H groups in total. The molecule has 0 radical (unpaired) electrons. The largest absolute Gasteiger partial charge is 0.383 e. The first-order chi connectivity index (χ1) is 11.7. The average molecular weight is 342 g/mol. The number of nitrogens with zero attached hydrogens (tertiary/aromatic N) is 2. The Balaban J connectivity index is 1.60. The Hall–Kier alpha value is -1.22. The second kappa shape index (κ2) is 10.6. The van der Waals surface area contributed by atoms with Gasteiger partial charge in [-0.25, -0.2) is 0 Å². The summed E-state index contributed by atoms with van der Waals surface area (Å²) in [4.78, 5) is 28.4. The molecular weight excluding hydrogens is 312 g/mol. The molecule has 8 heteroatoms. The lowest BCUT2D eigenvalue weighted by molar-refractivity contribution is -0.129. The first kappa shape index (κ1) is 19.1. The minimum absolute atomic E-state index is 0.0224. The van der Waals surface area contributed by atoms with Gasteiger partial charge in [-0.2, -0.15) is 0 Å². The summed E-state index contributed by atoms with van der Waals surface area (Å²) in [6.07, 6.45) is 0.325. The zero-order chi connectivity index (χ0) is 17.2. The smallest absolute Gasteiger partial charge is 0.225 e. The quantitative estimate of drug-likeness (QED) is 0.471. The number of amides is 2. The van der Waals surface area contributed by atoms with Gasteiger partial charge in [0, 0.05) is 65.9 Å². The monoisotopic (exact) mass is 342 g/mol. The highest BCUT2D eigenvalue weighted by Gasteiger charge is 2.34. The van der Waals surface area contributed by atoms with Gasteiger partial charge in [0.1, 0.15) is 0 Å². The van der Waals surface area contributed by atoms with E-state index in [0.29, 0.717) is 39.2 Å². The number of carbonyl (C=O) groups is 2. The van der Waals surface area contributed by atoms with Crippen molar-refractivity contribution in [2.24, 2.45) is 5.92 Å². The van der Waals surface area contributed by atoms with Crippen LogP contribution in [0.2, 0.25) is 0 Å².